The molecule has 1 fully saturated rings. The van der Waals surface area contributed by atoms with E-state index >= 15 is 0 Å². The molecule has 3 aromatic rings. The zero-order valence-corrected chi connectivity index (χ0v) is 19.7. The molecule has 170 valence electrons. The van der Waals surface area contributed by atoms with Crippen LogP contribution < -0.4 is 5.32 Å². The van der Waals surface area contributed by atoms with Crippen LogP contribution in [0.25, 0.3) is 0 Å². The van der Waals surface area contributed by atoms with Crippen molar-refractivity contribution in [3.8, 4) is 0 Å². The fraction of sp³-hybridized carbons (Fsp3) is 0.370. The number of nitrogens with one attached hydrogen (secondary N) is 1. The number of benzene rings is 1. The molecule has 1 aliphatic carbocycles. The number of rotatable bonds is 6. The van der Waals surface area contributed by atoms with E-state index in [-0.39, 0.29) is 23.7 Å². The van der Waals surface area contributed by atoms with E-state index in [4.69, 9.17) is 4.98 Å². The smallest absolute Gasteiger partial charge is 0.253 e. The first-order chi connectivity index (χ1) is 16.1. The SMILES string of the molecule is Cc1ccc(C(=O)NCCc2cccs2)c(C2CCN(C(=O)C3Cc4ccccc43)CC2)n1. The zero-order valence-electron chi connectivity index (χ0n) is 18.9. The van der Waals surface area contributed by atoms with Gasteiger partial charge < -0.3 is 10.2 Å². The van der Waals surface area contributed by atoms with Gasteiger partial charge in [0.15, 0.2) is 0 Å². The van der Waals surface area contributed by atoms with Crippen LogP contribution in [0, 0.1) is 6.92 Å². The van der Waals surface area contributed by atoms with Gasteiger partial charge >= 0.3 is 0 Å². The number of nitrogens with zero attached hydrogens (tertiary/aromatic N) is 2. The lowest BCUT2D eigenvalue weighted by molar-refractivity contribution is -0.134. The van der Waals surface area contributed by atoms with Gasteiger partial charge in [-0.1, -0.05) is 30.3 Å². The fourth-order valence-electron chi connectivity index (χ4n) is 5.00. The molecule has 1 N–H and O–H groups in total. The van der Waals surface area contributed by atoms with E-state index in [1.807, 2.05) is 42.2 Å². The van der Waals surface area contributed by atoms with Crippen molar-refractivity contribution < 1.29 is 9.59 Å². The van der Waals surface area contributed by atoms with Crippen LogP contribution in [0.4, 0.5) is 0 Å². The zero-order chi connectivity index (χ0) is 22.8. The normalized spacial score (nSPS) is 17.8. The molecule has 1 saturated heterocycles. The number of carbonyl (C=O) groups excluding carboxylic acids is 2. The Labute approximate surface area is 198 Å². The number of likely N-dealkylation sites (tertiary alicyclic amines) is 1. The first kappa shape index (κ1) is 21.8. The minimum atomic E-state index is -0.0568. The van der Waals surface area contributed by atoms with Gasteiger partial charge in [0.2, 0.25) is 5.91 Å². The third kappa shape index (κ3) is 4.58. The second-order valence-electron chi connectivity index (χ2n) is 9.03. The third-order valence-corrected chi connectivity index (χ3v) is 7.83. The molecule has 2 aromatic heterocycles. The first-order valence-electron chi connectivity index (χ1n) is 11.7. The van der Waals surface area contributed by atoms with Gasteiger partial charge in [-0.3, -0.25) is 14.6 Å². The highest BCUT2D eigenvalue weighted by Gasteiger charge is 2.36. The molecule has 33 heavy (non-hydrogen) atoms. The molecule has 1 unspecified atom stereocenters. The standard InChI is InChI=1S/C27H29N3O2S/c1-18-8-9-23(26(31)28-13-10-21-6-4-16-33-21)25(29-18)19-11-14-30(15-12-19)27(32)24-17-20-5-2-3-7-22(20)24/h2-9,16,19,24H,10-15,17H2,1H3,(H,28,31). The monoisotopic (exact) mass is 459 g/mol. The van der Waals surface area contributed by atoms with Crippen LogP contribution in [0.1, 0.15) is 62.4 Å². The van der Waals surface area contributed by atoms with Crippen LogP contribution in [0.3, 0.4) is 0 Å². The molecule has 1 aliphatic heterocycles. The van der Waals surface area contributed by atoms with Gasteiger partial charge in [0, 0.05) is 36.1 Å². The van der Waals surface area contributed by atoms with Gasteiger partial charge in [0.1, 0.15) is 0 Å². The summed E-state index contributed by atoms with van der Waals surface area (Å²) in [4.78, 5) is 34.1. The molecule has 2 aliphatic rings. The number of pyridine rings is 1. The summed E-state index contributed by atoms with van der Waals surface area (Å²) in [5.74, 6) is 0.398. The predicted molar refractivity (Wildman–Crippen MR) is 131 cm³/mol. The highest BCUT2D eigenvalue weighted by Crippen LogP contribution is 2.38. The summed E-state index contributed by atoms with van der Waals surface area (Å²) < 4.78 is 0. The Morgan fingerprint density at radius 2 is 1.91 bits per heavy atom. The third-order valence-electron chi connectivity index (χ3n) is 6.89. The number of aromatic nitrogens is 1. The van der Waals surface area contributed by atoms with Gasteiger partial charge in [-0.2, -0.15) is 0 Å². The summed E-state index contributed by atoms with van der Waals surface area (Å²) in [6.07, 6.45) is 3.37. The molecule has 0 radical (unpaired) electrons. The molecule has 6 heteroatoms. The summed E-state index contributed by atoms with van der Waals surface area (Å²) in [5, 5.41) is 5.12. The van der Waals surface area contributed by atoms with E-state index in [2.05, 4.69) is 28.9 Å². The number of hydrogen-bond acceptors (Lipinski definition) is 4. The number of piperidine rings is 1. The minimum Gasteiger partial charge on any atom is -0.352 e. The second kappa shape index (κ2) is 9.48. The lowest BCUT2D eigenvalue weighted by Crippen LogP contribution is -2.43. The lowest BCUT2D eigenvalue weighted by Gasteiger charge is -2.38. The summed E-state index contributed by atoms with van der Waals surface area (Å²) in [6, 6.07) is 16.2. The van der Waals surface area contributed by atoms with Gasteiger partial charge in [-0.25, -0.2) is 0 Å². The van der Waals surface area contributed by atoms with Crippen molar-refractivity contribution in [1.82, 2.24) is 15.2 Å². The number of amides is 2. The van der Waals surface area contributed by atoms with Crippen LogP contribution in [-0.2, 0) is 17.6 Å². The van der Waals surface area contributed by atoms with Crippen LogP contribution in [-0.4, -0.2) is 41.3 Å². The number of carbonyl (C=O) groups is 2. The molecule has 3 heterocycles. The average molecular weight is 460 g/mol. The van der Waals surface area contributed by atoms with Crippen LogP contribution in [0.2, 0.25) is 0 Å². The number of hydrogen-bond donors (Lipinski definition) is 1. The molecular formula is C27H29N3O2S. The van der Waals surface area contributed by atoms with E-state index in [0.717, 1.165) is 50.2 Å². The molecule has 5 nitrogen and oxygen atoms in total. The van der Waals surface area contributed by atoms with Crippen molar-refractivity contribution in [2.24, 2.45) is 0 Å². The Morgan fingerprint density at radius 1 is 1.09 bits per heavy atom. The van der Waals surface area contributed by atoms with Gasteiger partial charge in [0.25, 0.3) is 5.91 Å². The van der Waals surface area contributed by atoms with Crippen molar-refractivity contribution in [3.05, 3.63) is 86.9 Å². The fourth-order valence-corrected chi connectivity index (χ4v) is 5.71. The second-order valence-corrected chi connectivity index (χ2v) is 10.1. The molecule has 0 saturated carbocycles. The highest BCUT2D eigenvalue weighted by atomic mass is 32.1. The minimum absolute atomic E-state index is 0.0135. The van der Waals surface area contributed by atoms with E-state index in [9.17, 15) is 9.59 Å². The van der Waals surface area contributed by atoms with E-state index in [1.165, 1.54) is 16.0 Å². The summed E-state index contributed by atoms with van der Waals surface area (Å²) in [5.41, 5.74) is 4.95. The van der Waals surface area contributed by atoms with Gasteiger partial charge in [-0.05, 0) is 67.3 Å². The maximum Gasteiger partial charge on any atom is 0.253 e. The molecule has 1 atom stereocenters. The average Bonchev–Trinajstić information content (AvgIpc) is 3.33. The Balaban J connectivity index is 1.22. The van der Waals surface area contributed by atoms with Crippen LogP contribution in [0.5, 0.6) is 0 Å². The van der Waals surface area contributed by atoms with E-state index < -0.39 is 0 Å². The Bertz CT molecular complexity index is 1150. The number of fused-ring (bicyclic) bond motifs is 1. The molecule has 0 bridgehead atoms. The summed E-state index contributed by atoms with van der Waals surface area (Å²) >= 11 is 1.71. The quantitative estimate of drug-likeness (QED) is 0.592. The molecule has 2 amide bonds. The Hall–Kier alpha value is -2.99. The number of aryl methyl sites for hydroxylation is 1. The largest absolute Gasteiger partial charge is 0.352 e. The Morgan fingerprint density at radius 3 is 2.67 bits per heavy atom. The maximum absolute atomic E-state index is 13.1. The Kier molecular flexibility index (Phi) is 6.27. The molecule has 0 spiro atoms. The van der Waals surface area contributed by atoms with Gasteiger partial charge in [-0.15, -0.1) is 11.3 Å². The molecule has 1 aromatic carbocycles. The predicted octanol–water partition coefficient (Wildman–Crippen LogP) is 4.47. The summed E-state index contributed by atoms with van der Waals surface area (Å²) in [6.45, 7) is 4.02. The first-order valence-corrected chi connectivity index (χ1v) is 12.6. The van der Waals surface area contributed by atoms with Gasteiger partial charge in [0.05, 0.1) is 17.2 Å². The topological polar surface area (TPSA) is 62.3 Å². The summed E-state index contributed by atoms with van der Waals surface area (Å²) in [7, 11) is 0. The number of thiophene rings is 1. The van der Waals surface area contributed by atoms with Crippen molar-refractivity contribution in [2.45, 2.75) is 44.4 Å². The lowest BCUT2D eigenvalue weighted by atomic mass is 9.76. The highest BCUT2D eigenvalue weighted by molar-refractivity contribution is 7.09. The van der Waals surface area contributed by atoms with Crippen molar-refractivity contribution in [3.63, 3.8) is 0 Å². The molecule has 5 rings (SSSR count). The maximum atomic E-state index is 13.1. The van der Waals surface area contributed by atoms with Crippen molar-refractivity contribution in [1.29, 1.82) is 0 Å². The van der Waals surface area contributed by atoms with Crippen molar-refractivity contribution >= 4 is 23.2 Å². The van der Waals surface area contributed by atoms with Crippen LogP contribution >= 0.6 is 11.3 Å². The van der Waals surface area contributed by atoms with E-state index in [0.29, 0.717) is 12.1 Å². The van der Waals surface area contributed by atoms with Crippen LogP contribution in [0.15, 0.2) is 53.9 Å². The van der Waals surface area contributed by atoms with E-state index in [1.54, 1.807) is 11.3 Å². The van der Waals surface area contributed by atoms with Crippen molar-refractivity contribution in [2.75, 3.05) is 19.6 Å². The molecular weight excluding hydrogens is 430 g/mol.